The maximum atomic E-state index is 12.6. The molecule has 1 saturated carbocycles. The van der Waals surface area contributed by atoms with Crippen LogP contribution in [0, 0.1) is 5.92 Å². The average molecular weight is 396 g/mol. The number of nitrogens with zero attached hydrogens (tertiary/aromatic N) is 1. The molecule has 1 saturated heterocycles. The highest BCUT2D eigenvalue weighted by atomic mass is 16.7. The van der Waals surface area contributed by atoms with Crippen molar-refractivity contribution in [2.24, 2.45) is 5.92 Å². The number of esters is 1. The van der Waals surface area contributed by atoms with Crippen LogP contribution in [0.15, 0.2) is 48.5 Å². The molecule has 1 N–H and O–H groups in total. The minimum Gasteiger partial charge on any atom is -0.454 e. The summed E-state index contributed by atoms with van der Waals surface area (Å²) < 4.78 is 17.6. The van der Waals surface area contributed by atoms with Gasteiger partial charge >= 0.3 is 5.97 Å². The molecule has 5 atom stereocenters. The van der Waals surface area contributed by atoms with E-state index in [1.807, 2.05) is 24.3 Å². The van der Waals surface area contributed by atoms with Gasteiger partial charge in [-0.15, -0.1) is 0 Å². The Morgan fingerprint density at radius 1 is 1.17 bits per heavy atom. The molecule has 0 radical (unpaired) electrons. The second kappa shape index (κ2) is 7.04. The number of likely N-dealkylation sites (tertiary alicyclic amines) is 1. The van der Waals surface area contributed by atoms with Crippen molar-refractivity contribution < 1.29 is 28.6 Å². The second-order valence-corrected chi connectivity index (χ2v) is 8.63. The predicted octanol–water partition coefficient (Wildman–Crippen LogP) is 2.80. The summed E-state index contributed by atoms with van der Waals surface area (Å²) in [6.45, 7) is 2.10. The van der Waals surface area contributed by atoms with Crippen molar-refractivity contribution in [1.29, 1.82) is 0 Å². The topological polar surface area (TPSA) is 65.0 Å². The number of rotatable bonds is 5. The maximum Gasteiger partial charge on any atom is 0.340 e. The van der Waals surface area contributed by atoms with Crippen molar-refractivity contribution in [3.63, 3.8) is 0 Å². The normalized spacial score (nSPS) is 30.3. The third-order valence-corrected chi connectivity index (χ3v) is 6.70. The molecule has 4 unspecified atom stereocenters. The number of carbonyl (C=O) groups excluding carboxylic acids is 1. The van der Waals surface area contributed by atoms with E-state index in [9.17, 15) is 9.90 Å². The van der Waals surface area contributed by atoms with Gasteiger partial charge in [-0.25, -0.2) is 4.79 Å². The highest BCUT2D eigenvalue weighted by molar-refractivity contribution is 5.76. The number of aliphatic hydroxyl groups is 1. The Morgan fingerprint density at radius 3 is 2.79 bits per heavy atom. The minimum atomic E-state index is -1.23. The number of likely N-dealkylation sites (N-methyl/N-ethyl adjacent to an activating group) is 1. The summed E-state index contributed by atoms with van der Waals surface area (Å²) in [5, 5.41) is 10.4. The van der Waals surface area contributed by atoms with E-state index < -0.39 is 12.1 Å². The monoisotopic (exact) mass is 396 g/mol. The highest BCUT2D eigenvalue weighted by Gasteiger charge is 2.58. The minimum absolute atomic E-state index is 0.139. The third-order valence-electron chi connectivity index (χ3n) is 6.70. The van der Waals surface area contributed by atoms with E-state index in [1.165, 1.54) is 5.56 Å². The van der Waals surface area contributed by atoms with E-state index in [0.29, 0.717) is 11.5 Å². The molecule has 2 aromatic carbocycles. The summed E-state index contributed by atoms with van der Waals surface area (Å²) in [7, 11) is 2.24. The molecule has 1 aliphatic carbocycles. The van der Waals surface area contributed by atoms with E-state index in [1.54, 1.807) is 12.1 Å². The van der Waals surface area contributed by atoms with Crippen LogP contribution in [0.2, 0.25) is 0 Å². The van der Waals surface area contributed by atoms with E-state index in [4.69, 9.17) is 14.2 Å². The molecule has 0 aromatic heterocycles. The van der Waals surface area contributed by atoms with Gasteiger partial charge in [0.25, 0.3) is 0 Å². The van der Waals surface area contributed by atoms with Gasteiger partial charge in [-0.05, 0) is 30.2 Å². The molecule has 2 aliphatic heterocycles. The van der Waals surface area contributed by atoms with E-state index in [0.717, 1.165) is 41.9 Å². The van der Waals surface area contributed by atoms with Crippen molar-refractivity contribution >= 4 is 5.97 Å². The molecule has 6 nitrogen and oxygen atoms in total. The van der Waals surface area contributed by atoms with E-state index >= 15 is 0 Å². The first-order valence-electron chi connectivity index (χ1n) is 10.2. The van der Waals surface area contributed by atoms with Crippen LogP contribution in [0.3, 0.4) is 0 Å². The lowest BCUT2D eigenvalue weighted by molar-refractivity contribution is -0.939. The van der Waals surface area contributed by atoms with Crippen LogP contribution in [-0.2, 0) is 16.1 Å². The van der Waals surface area contributed by atoms with Gasteiger partial charge in [0.05, 0.1) is 19.5 Å². The number of piperidine rings is 1. The lowest BCUT2D eigenvalue weighted by Gasteiger charge is -2.38. The zero-order valence-corrected chi connectivity index (χ0v) is 16.5. The standard InChI is InChI=1S/C23H26NO5/c1-24(12-15-7-10-19-20(11-15)28-14-27-19)13-17-8-9-18(24)22(17)29-23(26)21(25)16-5-3-2-4-6-16/h2-7,10-11,17-18,21-22,25H,8-9,12-14H2,1H3/q+1/t17?,18-,21?,22?,24?/m1/s1. The molecule has 2 fully saturated rings. The molecule has 0 spiro atoms. The highest BCUT2D eigenvalue weighted by Crippen LogP contribution is 2.46. The van der Waals surface area contributed by atoms with Crippen LogP contribution in [0.1, 0.15) is 30.1 Å². The molecule has 0 amide bonds. The van der Waals surface area contributed by atoms with Crippen molar-refractivity contribution in [1.82, 2.24) is 0 Å². The fourth-order valence-electron chi connectivity index (χ4n) is 5.34. The number of ether oxygens (including phenoxy) is 3. The molecule has 2 bridgehead atoms. The Balaban J connectivity index is 1.29. The summed E-state index contributed by atoms with van der Waals surface area (Å²) in [6, 6.07) is 15.3. The summed E-state index contributed by atoms with van der Waals surface area (Å²) in [6.07, 6.45) is 0.730. The fourth-order valence-corrected chi connectivity index (χ4v) is 5.34. The molecular formula is C23H26NO5+. The zero-order valence-electron chi connectivity index (χ0n) is 16.5. The first-order chi connectivity index (χ1) is 14.0. The SMILES string of the molecule is C[N+]1(Cc2ccc3c(c2)OCO3)CC2CC[C@@H]1C2OC(=O)C(O)c1ccccc1. The number of fused-ring (bicyclic) bond motifs is 3. The molecule has 6 heteroatoms. The molecule has 152 valence electrons. The van der Waals surface area contributed by atoms with Gasteiger partial charge in [0.2, 0.25) is 6.79 Å². The Morgan fingerprint density at radius 2 is 1.97 bits per heavy atom. The Bertz CT molecular complexity index is 917. The van der Waals surface area contributed by atoms with Crippen LogP contribution < -0.4 is 9.47 Å². The zero-order chi connectivity index (χ0) is 20.0. The van der Waals surface area contributed by atoms with Crippen molar-refractivity contribution in [2.75, 3.05) is 20.4 Å². The summed E-state index contributed by atoms with van der Waals surface area (Å²) in [5.74, 6) is 1.38. The molecular weight excluding hydrogens is 370 g/mol. The molecule has 29 heavy (non-hydrogen) atoms. The van der Waals surface area contributed by atoms with Crippen molar-refractivity contribution in [3.8, 4) is 11.5 Å². The molecule has 2 heterocycles. The largest absolute Gasteiger partial charge is 0.454 e. The second-order valence-electron chi connectivity index (χ2n) is 8.63. The van der Waals surface area contributed by atoms with Crippen molar-refractivity contribution in [3.05, 3.63) is 59.7 Å². The average Bonchev–Trinajstić information content (AvgIpc) is 3.41. The fraction of sp³-hybridized carbons (Fsp3) is 0.435. The first-order valence-corrected chi connectivity index (χ1v) is 10.2. The van der Waals surface area contributed by atoms with E-state index in [2.05, 4.69) is 19.2 Å². The van der Waals surface area contributed by atoms with Crippen molar-refractivity contribution in [2.45, 2.75) is 37.6 Å². The van der Waals surface area contributed by atoms with Gasteiger partial charge in [-0.2, -0.15) is 0 Å². The van der Waals surface area contributed by atoms with Crippen LogP contribution in [0.5, 0.6) is 11.5 Å². The van der Waals surface area contributed by atoms with Gasteiger partial charge in [0, 0.05) is 12.0 Å². The first kappa shape index (κ1) is 18.5. The lowest BCUT2D eigenvalue weighted by Crippen LogP contribution is -2.51. The van der Waals surface area contributed by atoms with Gasteiger partial charge in [0.15, 0.2) is 23.7 Å². The van der Waals surface area contributed by atoms with Gasteiger partial charge < -0.3 is 23.8 Å². The van der Waals surface area contributed by atoms with E-state index in [-0.39, 0.29) is 18.9 Å². The molecule has 5 rings (SSSR count). The maximum absolute atomic E-state index is 12.6. The number of quaternary nitrogens is 1. The summed E-state index contributed by atoms with van der Waals surface area (Å²) in [4.78, 5) is 12.6. The predicted molar refractivity (Wildman–Crippen MR) is 105 cm³/mol. The molecule has 2 aromatic rings. The Kier molecular flexibility index (Phi) is 4.48. The smallest absolute Gasteiger partial charge is 0.340 e. The number of benzene rings is 2. The third kappa shape index (κ3) is 3.26. The number of hydrogen-bond donors (Lipinski definition) is 1. The number of hydrogen-bond acceptors (Lipinski definition) is 5. The Labute approximate surface area is 170 Å². The molecule has 3 aliphatic rings. The van der Waals surface area contributed by atoms with Gasteiger partial charge in [-0.3, -0.25) is 0 Å². The van der Waals surface area contributed by atoms with Crippen LogP contribution >= 0.6 is 0 Å². The lowest BCUT2D eigenvalue weighted by atomic mass is 10.1. The van der Waals surface area contributed by atoms with Crippen LogP contribution in [-0.4, -0.2) is 48.1 Å². The summed E-state index contributed by atoms with van der Waals surface area (Å²) in [5.41, 5.74) is 1.76. The quantitative estimate of drug-likeness (QED) is 0.622. The van der Waals surface area contributed by atoms with Gasteiger partial charge in [-0.1, -0.05) is 30.3 Å². The Hall–Kier alpha value is -2.57. The van der Waals surface area contributed by atoms with Crippen LogP contribution in [0.25, 0.3) is 0 Å². The van der Waals surface area contributed by atoms with Crippen LogP contribution in [0.4, 0.5) is 0 Å². The van der Waals surface area contributed by atoms with Gasteiger partial charge in [0.1, 0.15) is 12.6 Å². The number of aliphatic hydroxyl groups excluding tert-OH is 1. The summed E-state index contributed by atoms with van der Waals surface area (Å²) >= 11 is 0. The number of carbonyl (C=O) groups is 1.